The standard InChI is InChI=1S/C28H29ClN8O2/c1-34-13-15-35(16-14-34)11-5-17-39-21-7-4-6-20(18-21)32-27-31-19-22-25(33-27)36-12-10-30-28(36)37(26(22)38)24-9-3-2-8-23(24)29/h2-4,6-10,12,18-19H,5,11,13-17H2,1H3,(H,31,32,33). The van der Waals surface area contributed by atoms with E-state index < -0.39 is 0 Å². The highest BCUT2D eigenvalue weighted by atomic mass is 35.5. The van der Waals surface area contributed by atoms with Crippen LogP contribution in [0.1, 0.15) is 6.42 Å². The van der Waals surface area contributed by atoms with Gasteiger partial charge in [-0.3, -0.25) is 9.20 Å². The second kappa shape index (κ2) is 11.0. The van der Waals surface area contributed by atoms with E-state index in [4.69, 9.17) is 16.3 Å². The van der Waals surface area contributed by atoms with Gasteiger partial charge in [-0.1, -0.05) is 29.8 Å². The number of hydrogen-bond acceptors (Lipinski definition) is 8. The number of hydrogen-bond donors (Lipinski definition) is 1. The maximum Gasteiger partial charge on any atom is 0.270 e. The van der Waals surface area contributed by atoms with E-state index in [1.165, 1.54) is 10.8 Å². The molecule has 1 aliphatic rings. The number of nitrogens with zero attached hydrogens (tertiary/aromatic N) is 7. The lowest BCUT2D eigenvalue weighted by Gasteiger charge is -2.32. The molecule has 6 rings (SSSR count). The molecule has 0 atom stereocenters. The molecule has 1 fully saturated rings. The normalized spacial score (nSPS) is 14.7. The molecule has 1 aliphatic heterocycles. The average Bonchev–Trinajstić information content (AvgIpc) is 3.43. The fourth-order valence-corrected chi connectivity index (χ4v) is 5.02. The van der Waals surface area contributed by atoms with Crippen LogP contribution in [0.4, 0.5) is 11.6 Å². The number of fused-ring (bicyclic) bond motifs is 3. The Morgan fingerprint density at radius 1 is 1.05 bits per heavy atom. The van der Waals surface area contributed by atoms with Gasteiger partial charge in [-0.15, -0.1) is 0 Å². The monoisotopic (exact) mass is 544 g/mol. The van der Waals surface area contributed by atoms with E-state index in [1.807, 2.05) is 36.4 Å². The number of benzene rings is 2. The Balaban J connectivity index is 1.20. The summed E-state index contributed by atoms with van der Waals surface area (Å²) in [5.41, 5.74) is 1.49. The third-order valence-corrected chi connectivity index (χ3v) is 7.24. The molecule has 0 saturated carbocycles. The molecule has 1 saturated heterocycles. The van der Waals surface area contributed by atoms with Gasteiger partial charge in [0.25, 0.3) is 5.56 Å². The largest absolute Gasteiger partial charge is 0.493 e. The van der Waals surface area contributed by atoms with Gasteiger partial charge in [-0.25, -0.2) is 14.5 Å². The molecule has 4 heterocycles. The predicted molar refractivity (Wildman–Crippen MR) is 153 cm³/mol. The first kappa shape index (κ1) is 25.3. The zero-order valence-corrected chi connectivity index (χ0v) is 22.4. The van der Waals surface area contributed by atoms with Crippen molar-refractivity contribution >= 4 is 40.0 Å². The van der Waals surface area contributed by atoms with Gasteiger partial charge in [0.1, 0.15) is 11.1 Å². The maximum atomic E-state index is 13.5. The molecule has 0 radical (unpaired) electrons. The van der Waals surface area contributed by atoms with Crippen LogP contribution in [0.3, 0.4) is 0 Å². The molecule has 10 nitrogen and oxygen atoms in total. The highest BCUT2D eigenvalue weighted by Gasteiger charge is 2.17. The lowest BCUT2D eigenvalue weighted by molar-refractivity contribution is 0.145. The van der Waals surface area contributed by atoms with Crippen molar-refractivity contribution in [3.63, 3.8) is 0 Å². The summed E-state index contributed by atoms with van der Waals surface area (Å²) in [6.07, 6.45) is 5.89. The minimum Gasteiger partial charge on any atom is -0.493 e. The first-order valence-corrected chi connectivity index (χ1v) is 13.4. The van der Waals surface area contributed by atoms with E-state index in [2.05, 4.69) is 37.1 Å². The van der Waals surface area contributed by atoms with Crippen molar-refractivity contribution in [1.82, 2.24) is 33.7 Å². The number of likely N-dealkylation sites (N-methyl/N-ethyl adjacent to an activating group) is 1. The van der Waals surface area contributed by atoms with Crippen LogP contribution in [0.15, 0.2) is 71.9 Å². The Kier molecular flexibility index (Phi) is 7.14. The zero-order valence-electron chi connectivity index (χ0n) is 21.6. The van der Waals surface area contributed by atoms with Crippen molar-refractivity contribution in [3.05, 3.63) is 82.5 Å². The van der Waals surface area contributed by atoms with Crippen molar-refractivity contribution < 1.29 is 4.74 Å². The Morgan fingerprint density at radius 3 is 2.74 bits per heavy atom. The fourth-order valence-electron chi connectivity index (χ4n) is 4.80. The van der Waals surface area contributed by atoms with Gasteiger partial charge in [-0.05, 0) is 37.7 Å². The Hall–Kier alpha value is -3.99. The molecule has 200 valence electrons. The summed E-state index contributed by atoms with van der Waals surface area (Å²) in [4.78, 5) is 31.8. The number of imidazole rings is 1. The summed E-state index contributed by atoms with van der Waals surface area (Å²) in [6.45, 7) is 6.16. The number of ether oxygens (including phenoxy) is 1. The average molecular weight is 545 g/mol. The number of piperazine rings is 1. The molecule has 0 bridgehead atoms. The van der Waals surface area contributed by atoms with E-state index >= 15 is 0 Å². The highest BCUT2D eigenvalue weighted by Crippen LogP contribution is 2.24. The molecule has 3 aromatic heterocycles. The quantitative estimate of drug-likeness (QED) is 0.295. The summed E-state index contributed by atoms with van der Waals surface area (Å²) in [7, 11) is 2.17. The van der Waals surface area contributed by atoms with Crippen molar-refractivity contribution in [1.29, 1.82) is 0 Å². The Labute approximate surface area is 230 Å². The van der Waals surface area contributed by atoms with Crippen LogP contribution in [0, 0.1) is 0 Å². The number of rotatable bonds is 8. The van der Waals surface area contributed by atoms with E-state index in [1.54, 1.807) is 28.9 Å². The zero-order chi connectivity index (χ0) is 26.8. The topological polar surface area (TPSA) is 92.8 Å². The molecule has 5 aromatic rings. The summed E-state index contributed by atoms with van der Waals surface area (Å²) in [5, 5.41) is 4.03. The van der Waals surface area contributed by atoms with E-state index in [9.17, 15) is 4.79 Å². The van der Waals surface area contributed by atoms with Crippen molar-refractivity contribution in [2.45, 2.75) is 6.42 Å². The lowest BCUT2D eigenvalue weighted by Crippen LogP contribution is -2.44. The molecule has 0 unspecified atom stereocenters. The van der Waals surface area contributed by atoms with E-state index in [0.29, 0.717) is 40.1 Å². The first-order valence-electron chi connectivity index (χ1n) is 13.0. The van der Waals surface area contributed by atoms with Gasteiger partial charge < -0.3 is 19.9 Å². The van der Waals surface area contributed by atoms with Gasteiger partial charge in [0.15, 0.2) is 5.65 Å². The molecule has 2 aromatic carbocycles. The predicted octanol–water partition coefficient (Wildman–Crippen LogP) is 3.84. The SMILES string of the molecule is CN1CCN(CCCOc2cccc(Nc3ncc4c(=O)n(-c5ccccc5Cl)c5nccn5c4n3)c2)CC1. The van der Waals surface area contributed by atoms with Crippen LogP contribution in [0.5, 0.6) is 5.75 Å². The Bertz CT molecular complexity index is 1680. The number of anilines is 2. The molecule has 0 spiro atoms. The van der Waals surface area contributed by atoms with Crippen LogP contribution in [0.25, 0.3) is 22.5 Å². The summed E-state index contributed by atoms with van der Waals surface area (Å²) in [5.74, 6) is 1.55. The number of para-hydroxylation sites is 1. The number of aromatic nitrogens is 5. The van der Waals surface area contributed by atoms with Crippen molar-refractivity contribution in [2.75, 3.05) is 51.7 Å². The highest BCUT2D eigenvalue weighted by molar-refractivity contribution is 6.32. The number of nitrogens with one attached hydrogen (secondary N) is 1. The van der Waals surface area contributed by atoms with Crippen LogP contribution in [-0.2, 0) is 0 Å². The molecular weight excluding hydrogens is 516 g/mol. The van der Waals surface area contributed by atoms with Crippen LogP contribution < -0.4 is 15.6 Å². The summed E-state index contributed by atoms with van der Waals surface area (Å²) in [6, 6.07) is 14.9. The third-order valence-electron chi connectivity index (χ3n) is 6.92. The fraction of sp³-hybridized carbons (Fsp3) is 0.286. The molecule has 0 amide bonds. The second-order valence-electron chi connectivity index (χ2n) is 9.62. The van der Waals surface area contributed by atoms with Crippen molar-refractivity contribution in [3.8, 4) is 11.4 Å². The van der Waals surface area contributed by atoms with Crippen LogP contribution in [0.2, 0.25) is 5.02 Å². The molecule has 1 N–H and O–H groups in total. The molecular formula is C28H29ClN8O2. The Morgan fingerprint density at radius 2 is 1.90 bits per heavy atom. The van der Waals surface area contributed by atoms with E-state index in [-0.39, 0.29) is 5.56 Å². The minimum atomic E-state index is -0.296. The van der Waals surface area contributed by atoms with Gasteiger partial charge in [-0.2, -0.15) is 4.98 Å². The van der Waals surface area contributed by atoms with Gasteiger partial charge in [0, 0.05) is 63.1 Å². The summed E-state index contributed by atoms with van der Waals surface area (Å²) >= 11 is 6.41. The molecule has 39 heavy (non-hydrogen) atoms. The minimum absolute atomic E-state index is 0.296. The second-order valence-corrected chi connectivity index (χ2v) is 10.0. The van der Waals surface area contributed by atoms with E-state index in [0.717, 1.165) is 50.6 Å². The molecule has 11 heteroatoms. The van der Waals surface area contributed by atoms with Crippen LogP contribution in [-0.4, -0.2) is 80.1 Å². The third kappa shape index (κ3) is 5.31. The van der Waals surface area contributed by atoms with Gasteiger partial charge in [0.2, 0.25) is 11.7 Å². The molecule has 0 aliphatic carbocycles. The van der Waals surface area contributed by atoms with Gasteiger partial charge >= 0.3 is 0 Å². The van der Waals surface area contributed by atoms with Crippen molar-refractivity contribution in [2.24, 2.45) is 0 Å². The summed E-state index contributed by atoms with van der Waals surface area (Å²) < 4.78 is 9.24. The number of halogens is 1. The smallest absolute Gasteiger partial charge is 0.270 e. The first-order chi connectivity index (χ1) is 19.1. The van der Waals surface area contributed by atoms with Gasteiger partial charge in [0.05, 0.1) is 17.3 Å². The van der Waals surface area contributed by atoms with Crippen LogP contribution >= 0.6 is 11.6 Å². The lowest BCUT2D eigenvalue weighted by atomic mass is 10.3. The maximum absolute atomic E-state index is 13.5.